The number of oxime groups is 1. The molecule has 0 bridgehead atoms. The van der Waals surface area contributed by atoms with Gasteiger partial charge in [-0.25, -0.2) is 4.79 Å². The lowest BCUT2D eigenvalue weighted by Crippen LogP contribution is -2.08. The summed E-state index contributed by atoms with van der Waals surface area (Å²) in [7, 11) is 2.83. The molecular weight excluding hydrogens is 382 g/mol. The van der Waals surface area contributed by atoms with Crippen LogP contribution in [0, 0.1) is 0 Å². The van der Waals surface area contributed by atoms with Gasteiger partial charge in [0.25, 0.3) is 0 Å². The minimum Gasteiger partial charge on any atom is -0.503 e. The average Bonchev–Trinajstić information content (AvgIpc) is 2.79. The topological polar surface area (TPSA) is 66.3 Å². The molecule has 0 unspecified atom stereocenters. The maximum absolute atomic E-state index is 12.2. The molecule has 0 spiro atoms. The van der Waals surface area contributed by atoms with Crippen LogP contribution in [0.4, 0.5) is 0 Å². The number of hydrogen-bond donors (Lipinski definition) is 0. The van der Waals surface area contributed by atoms with Crippen molar-refractivity contribution < 1.29 is 23.8 Å². The number of nitrogens with zero attached hydrogens (tertiary/aromatic N) is 1. The summed E-state index contributed by atoms with van der Waals surface area (Å²) in [6, 6.07) is 15.2. The number of ether oxygens (including phenoxy) is 3. The molecule has 0 aromatic heterocycles. The largest absolute Gasteiger partial charge is 0.503 e. The van der Waals surface area contributed by atoms with E-state index in [2.05, 4.69) is 5.16 Å². The van der Waals surface area contributed by atoms with Crippen molar-refractivity contribution in [3.8, 4) is 5.75 Å². The Kier molecular flexibility index (Phi) is 9.45. The van der Waals surface area contributed by atoms with Crippen LogP contribution in [0.25, 0.3) is 5.57 Å². The fourth-order valence-corrected chi connectivity index (χ4v) is 2.82. The Morgan fingerprint density at radius 2 is 1.87 bits per heavy atom. The third-order valence-corrected chi connectivity index (χ3v) is 4.32. The Morgan fingerprint density at radius 3 is 2.57 bits per heavy atom. The second-order valence-electron chi connectivity index (χ2n) is 6.46. The number of carbonyl (C=O) groups excluding carboxylic acids is 1. The van der Waals surface area contributed by atoms with Crippen LogP contribution in [-0.2, 0) is 25.7 Å². The number of benzene rings is 2. The molecule has 160 valence electrons. The summed E-state index contributed by atoms with van der Waals surface area (Å²) in [5.74, 6) is 0.233. The van der Waals surface area contributed by atoms with Gasteiger partial charge in [-0.05, 0) is 36.1 Å². The third-order valence-electron chi connectivity index (χ3n) is 4.32. The maximum Gasteiger partial charge on any atom is 0.341 e. The van der Waals surface area contributed by atoms with Gasteiger partial charge in [-0.2, -0.15) is 0 Å². The molecule has 0 aliphatic heterocycles. The van der Waals surface area contributed by atoms with Crippen LogP contribution >= 0.6 is 0 Å². The van der Waals surface area contributed by atoms with Crippen molar-refractivity contribution in [3.05, 3.63) is 71.5 Å². The highest BCUT2D eigenvalue weighted by atomic mass is 16.6. The van der Waals surface area contributed by atoms with Gasteiger partial charge in [0.15, 0.2) is 0 Å². The molecule has 2 aromatic rings. The van der Waals surface area contributed by atoms with Crippen molar-refractivity contribution in [2.45, 2.75) is 33.3 Å². The molecule has 0 radical (unpaired) electrons. The van der Waals surface area contributed by atoms with Gasteiger partial charge >= 0.3 is 5.97 Å². The Labute approximate surface area is 178 Å². The SMILES string of the molecule is CCCO/N=C(\CC)c1cccc(OCc2ccccc2/C(=C\OC)C(=O)OC)c1. The van der Waals surface area contributed by atoms with Crippen molar-refractivity contribution in [3.63, 3.8) is 0 Å². The van der Waals surface area contributed by atoms with Crippen molar-refractivity contribution >= 4 is 17.3 Å². The molecule has 0 aliphatic carbocycles. The second kappa shape index (κ2) is 12.3. The molecule has 6 heteroatoms. The monoisotopic (exact) mass is 411 g/mol. The molecule has 0 aliphatic rings. The van der Waals surface area contributed by atoms with Gasteiger partial charge in [0.1, 0.15) is 24.5 Å². The number of carbonyl (C=O) groups is 1. The first-order chi connectivity index (χ1) is 14.6. The van der Waals surface area contributed by atoms with Crippen molar-refractivity contribution in [1.29, 1.82) is 0 Å². The van der Waals surface area contributed by atoms with E-state index in [0.717, 1.165) is 29.7 Å². The van der Waals surface area contributed by atoms with E-state index in [-0.39, 0.29) is 6.61 Å². The Morgan fingerprint density at radius 1 is 1.07 bits per heavy atom. The molecule has 0 saturated heterocycles. The van der Waals surface area contributed by atoms with Gasteiger partial charge in [-0.15, -0.1) is 0 Å². The van der Waals surface area contributed by atoms with E-state index in [1.165, 1.54) is 20.5 Å². The minimum absolute atomic E-state index is 0.280. The van der Waals surface area contributed by atoms with Crippen molar-refractivity contribution in [2.75, 3.05) is 20.8 Å². The van der Waals surface area contributed by atoms with Crippen LogP contribution in [-0.4, -0.2) is 32.5 Å². The minimum atomic E-state index is -0.470. The first-order valence-electron chi connectivity index (χ1n) is 9.96. The fourth-order valence-electron chi connectivity index (χ4n) is 2.82. The summed E-state index contributed by atoms with van der Waals surface area (Å²) in [6.07, 6.45) is 3.04. The van der Waals surface area contributed by atoms with Crippen LogP contribution < -0.4 is 4.74 Å². The lowest BCUT2D eigenvalue weighted by atomic mass is 10.0. The molecule has 30 heavy (non-hydrogen) atoms. The van der Waals surface area contributed by atoms with E-state index in [1.54, 1.807) is 0 Å². The zero-order valence-corrected chi connectivity index (χ0v) is 18.0. The predicted molar refractivity (Wildman–Crippen MR) is 117 cm³/mol. The second-order valence-corrected chi connectivity index (χ2v) is 6.46. The van der Waals surface area contributed by atoms with Crippen molar-refractivity contribution in [1.82, 2.24) is 0 Å². The number of hydrogen-bond acceptors (Lipinski definition) is 6. The van der Waals surface area contributed by atoms with E-state index in [1.807, 2.05) is 62.4 Å². The smallest absolute Gasteiger partial charge is 0.341 e. The van der Waals surface area contributed by atoms with E-state index >= 15 is 0 Å². The van der Waals surface area contributed by atoms with E-state index < -0.39 is 5.97 Å². The normalized spacial score (nSPS) is 11.7. The van der Waals surface area contributed by atoms with Gasteiger partial charge in [0.05, 0.1) is 26.2 Å². The molecule has 0 N–H and O–H groups in total. The summed E-state index contributed by atoms with van der Waals surface area (Å²) in [5, 5.41) is 4.24. The van der Waals surface area contributed by atoms with E-state index in [0.29, 0.717) is 23.5 Å². The molecule has 2 aromatic carbocycles. The zero-order chi connectivity index (χ0) is 21.8. The molecule has 0 saturated carbocycles. The Bertz CT molecular complexity index is 889. The Balaban J connectivity index is 2.22. The zero-order valence-electron chi connectivity index (χ0n) is 18.0. The quantitative estimate of drug-likeness (QED) is 0.130. The summed E-state index contributed by atoms with van der Waals surface area (Å²) in [6.45, 7) is 4.95. The van der Waals surface area contributed by atoms with Crippen LogP contribution in [0.5, 0.6) is 5.75 Å². The molecule has 0 amide bonds. The highest BCUT2D eigenvalue weighted by molar-refractivity contribution is 6.16. The lowest BCUT2D eigenvalue weighted by molar-refractivity contribution is -0.133. The fraction of sp³-hybridized carbons (Fsp3) is 0.333. The first-order valence-corrected chi connectivity index (χ1v) is 9.96. The Hall–Kier alpha value is -3.28. The summed E-state index contributed by atoms with van der Waals surface area (Å²) in [4.78, 5) is 17.5. The van der Waals surface area contributed by atoms with E-state index in [4.69, 9.17) is 19.0 Å². The van der Waals surface area contributed by atoms with Gasteiger partial charge < -0.3 is 19.0 Å². The maximum atomic E-state index is 12.2. The van der Waals surface area contributed by atoms with Crippen LogP contribution in [0.15, 0.2) is 59.9 Å². The number of esters is 1. The summed E-state index contributed by atoms with van der Waals surface area (Å²) < 4.78 is 16.0. The van der Waals surface area contributed by atoms with Crippen molar-refractivity contribution in [2.24, 2.45) is 5.16 Å². The van der Waals surface area contributed by atoms with Gasteiger partial charge in [0.2, 0.25) is 0 Å². The van der Waals surface area contributed by atoms with Gasteiger partial charge in [-0.3, -0.25) is 0 Å². The van der Waals surface area contributed by atoms with Gasteiger partial charge in [-0.1, -0.05) is 55.4 Å². The average molecular weight is 411 g/mol. The van der Waals surface area contributed by atoms with E-state index in [9.17, 15) is 4.79 Å². The van der Waals surface area contributed by atoms with Gasteiger partial charge in [0, 0.05) is 5.56 Å². The van der Waals surface area contributed by atoms with Crippen LogP contribution in [0.3, 0.4) is 0 Å². The first kappa shape index (κ1) is 23.0. The molecule has 0 heterocycles. The summed E-state index contributed by atoms with van der Waals surface area (Å²) in [5.41, 5.74) is 3.69. The number of methoxy groups -OCH3 is 2. The standard InChI is InChI=1S/C24H29NO5/c1-5-14-30-25-23(6-2)18-11-9-12-20(15-18)29-16-19-10-7-8-13-21(19)22(17-27-3)24(26)28-4/h7-13,15,17H,5-6,14,16H2,1-4H3/b22-17+,25-23+. The van der Waals surface area contributed by atoms with Crippen LogP contribution in [0.2, 0.25) is 0 Å². The third kappa shape index (κ3) is 6.37. The highest BCUT2D eigenvalue weighted by Gasteiger charge is 2.17. The van der Waals surface area contributed by atoms with Crippen LogP contribution in [0.1, 0.15) is 43.4 Å². The molecule has 6 nitrogen and oxygen atoms in total. The summed E-state index contributed by atoms with van der Waals surface area (Å²) >= 11 is 0. The lowest BCUT2D eigenvalue weighted by Gasteiger charge is -2.13. The molecule has 0 atom stereocenters. The molecule has 2 rings (SSSR count). The predicted octanol–water partition coefficient (Wildman–Crippen LogP) is 4.97. The molecular formula is C24H29NO5. The molecule has 0 fully saturated rings. The number of rotatable bonds is 11. The highest BCUT2D eigenvalue weighted by Crippen LogP contribution is 2.23.